The van der Waals surface area contributed by atoms with E-state index in [0.717, 1.165) is 31.1 Å². The van der Waals surface area contributed by atoms with Gasteiger partial charge >= 0.3 is 0 Å². The smallest absolute Gasteiger partial charge is 0.191 e. The van der Waals surface area contributed by atoms with Gasteiger partial charge < -0.3 is 20.5 Å². The molecule has 1 aromatic heterocycles. The monoisotopic (exact) mass is 386 g/mol. The predicted molar refractivity (Wildman–Crippen MR) is 103 cm³/mol. The van der Waals surface area contributed by atoms with E-state index in [1.54, 1.807) is 6.07 Å². The quantitative estimate of drug-likeness (QED) is 0.514. The minimum Gasteiger partial charge on any atom is -0.386 e. The Morgan fingerprint density at radius 3 is 3.16 bits per heavy atom. The number of nitrogens with zero attached hydrogens (tertiary/aromatic N) is 2. The highest BCUT2D eigenvalue weighted by Gasteiger charge is 2.32. The van der Waals surface area contributed by atoms with E-state index in [-0.39, 0.29) is 6.10 Å². The molecule has 3 unspecified atom stereocenters. The number of ether oxygens (including phenoxy) is 1. The first-order valence-corrected chi connectivity index (χ1v) is 10.2. The third-order valence-electron chi connectivity index (χ3n) is 4.65. The number of morpholine rings is 1. The molecule has 0 amide bonds. The summed E-state index contributed by atoms with van der Waals surface area (Å²) >= 11 is 7.31. The lowest BCUT2D eigenvalue weighted by molar-refractivity contribution is -0.0453. The average Bonchev–Trinajstić information content (AvgIpc) is 3.25. The lowest BCUT2D eigenvalue weighted by atomic mass is 10.2. The van der Waals surface area contributed by atoms with Gasteiger partial charge in [0.05, 0.1) is 23.6 Å². The van der Waals surface area contributed by atoms with Gasteiger partial charge in [-0.25, -0.2) is 0 Å². The molecule has 2 fully saturated rings. The number of fused-ring (bicyclic) bond motifs is 1. The number of hydrogen-bond acceptors (Lipinski definition) is 5. The van der Waals surface area contributed by atoms with E-state index in [1.807, 2.05) is 13.0 Å². The first-order valence-electron chi connectivity index (χ1n) is 8.97. The largest absolute Gasteiger partial charge is 0.386 e. The summed E-state index contributed by atoms with van der Waals surface area (Å²) in [5.41, 5.74) is 0. The molecule has 6 nitrogen and oxygen atoms in total. The molecule has 3 N–H and O–H groups in total. The maximum atomic E-state index is 10.2. The van der Waals surface area contributed by atoms with Crippen LogP contribution >= 0.6 is 22.9 Å². The molecule has 0 aliphatic carbocycles. The van der Waals surface area contributed by atoms with Crippen LogP contribution in [0.1, 0.15) is 30.7 Å². The van der Waals surface area contributed by atoms with Crippen molar-refractivity contribution < 1.29 is 9.84 Å². The van der Waals surface area contributed by atoms with E-state index in [2.05, 4.69) is 20.5 Å². The normalized spacial score (nSPS) is 25.6. The molecule has 0 saturated carbocycles. The summed E-state index contributed by atoms with van der Waals surface area (Å²) in [5.74, 6) is 0.705. The van der Waals surface area contributed by atoms with Gasteiger partial charge in [0.1, 0.15) is 6.10 Å². The van der Waals surface area contributed by atoms with Gasteiger partial charge in [0.2, 0.25) is 0 Å². The zero-order valence-electron chi connectivity index (χ0n) is 14.6. The molecule has 0 bridgehead atoms. The number of thiophene rings is 1. The van der Waals surface area contributed by atoms with Crippen molar-refractivity contribution in [1.29, 1.82) is 0 Å². The van der Waals surface area contributed by atoms with Crippen molar-refractivity contribution in [2.45, 2.75) is 38.0 Å². The highest BCUT2D eigenvalue weighted by molar-refractivity contribution is 7.16. The van der Waals surface area contributed by atoms with Gasteiger partial charge in [-0.05, 0) is 38.4 Å². The van der Waals surface area contributed by atoms with E-state index in [1.165, 1.54) is 30.7 Å². The van der Waals surface area contributed by atoms with E-state index >= 15 is 0 Å². The van der Waals surface area contributed by atoms with Crippen LogP contribution in [0.4, 0.5) is 0 Å². The zero-order chi connectivity index (χ0) is 17.6. The van der Waals surface area contributed by atoms with Gasteiger partial charge in [-0.3, -0.25) is 9.89 Å². The predicted octanol–water partition coefficient (Wildman–Crippen LogP) is 1.85. The van der Waals surface area contributed by atoms with Crippen molar-refractivity contribution in [2.24, 2.45) is 4.99 Å². The molecule has 3 rings (SSSR count). The van der Waals surface area contributed by atoms with Crippen molar-refractivity contribution in [3.63, 3.8) is 0 Å². The Morgan fingerprint density at radius 2 is 2.40 bits per heavy atom. The van der Waals surface area contributed by atoms with Gasteiger partial charge in [0, 0.05) is 30.6 Å². The molecule has 3 atom stereocenters. The number of halogens is 1. The highest BCUT2D eigenvalue weighted by Crippen LogP contribution is 2.27. The molecular weight excluding hydrogens is 360 g/mol. The molecule has 2 aliphatic heterocycles. The molecule has 2 saturated heterocycles. The van der Waals surface area contributed by atoms with Crippen molar-refractivity contribution >= 4 is 28.9 Å². The van der Waals surface area contributed by atoms with Crippen molar-refractivity contribution in [2.75, 3.05) is 39.3 Å². The second kappa shape index (κ2) is 9.19. The third kappa shape index (κ3) is 5.31. The van der Waals surface area contributed by atoms with Gasteiger partial charge in [0.25, 0.3) is 0 Å². The Bertz CT molecular complexity index is 583. The van der Waals surface area contributed by atoms with Crippen LogP contribution in [0.5, 0.6) is 0 Å². The summed E-state index contributed by atoms with van der Waals surface area (Å²) in [6.07, 6.45) is 2.08. The minimum atomic E-state index is -0.635. The summed E-state index contributed by atoms with van der Waals surface area (Å²) in [6.45, 7) is 6.81. The number of rotatable bonds is 6. The van der Waals surface area contributed by atoms with Crippen LogP contribution < -0.4 is 10.6 Å². The summed E-state index contributed by atoms with van der Waals surface area (Å²) in [6, 6.07) is 4.26. The Hall–Kier alpha value is -0.860. The van der Waals surface area contributed by atoms with Crippen LogP contribution in [0.15, 0.2) is 17.1 Å². The first-order chi connectivity index (χ1) is 12.2. The van der Waals surface area contributed by atoms with Gasteiger partial charge in [-0.15, -0.1) is 11.3 Å². The van der Waals surface area contributed by atoms with E-state index in [0.29, 0.717) is 22.9 Å². The molecule has 1 aromatic rings. The minimum absolute atomic E-state index is 0.180. The van der Waals surface area contributed by atoms with Crippen LogP contribution in [0.2, 0.25) is 4.34 Å². The maximum absolute atomic E-state index is 10.2. The number of aliphatic hydroxyl groups excluding tert-OH is 1. The molecule has 0 radical (unpaired) electrons. The number of guanidine groups is 1. The molecule has 2 aliphatic rings. The summed E-state index contributed by atoms with van der Waals surface area (Å²) in [4.78, 5) is 7.85. The Morgan fingerprint density at radius 1 is 1.52 bits per heavy atom. The summed E-state index contributed by atoms with van der Waals surface area (Å²) < 4.78 is 6.65. The second-order valence-electron chi connectivity index (χ2n) is 6.50. The first kappa shape index (κ1) is 18.9. The summed E-state index contributed by atoms with van der Waals surface area (Å²) in [7, 11) is 0. The maximum Gasteiger partial charge on any atom is 0.191 e. The SMILES string of the molecule is CCNC(=NCC(O)c1ccc(Cl)s1)NCC1CN2CCCC2CO1. The fourth-order valence-electron chi connectivity index (χ4n) is 3.34. The molecule has 8 heteroatoms. The van der Waals surface area contributed by atoms with E-state index in [9.17, 15) is 5.11 Å². The Kier molecular flexibility index (Phi) is 6.95. The van der Waals surface area contributed by atoms with E-state index in [4.69, 9.17) is 16.3 Å². The van der Waals surface area contributed by atoms with Crippen molar-refractivity contribution in [3.05, 3.63) is 21.3 Å². The molecular formula is C17H27ClN4O2S. The lowest BCUT2D eigenvalue weighted by Gasteiger charge is -2.35. The Balaban J connectivity index is 1.48. The van der Waals surface area contributed by atoms with Crippen LogP contribution in [0.25, 0.3) is 0 Å². The highest BCUT2D eigenvalue weighted by atomic mass is 35.5. The zero-order valence-corrected chi connectivity index (χ0v) is 16.2. The number of aliphatic hydroxyl groups is 1. The second-order valence-corrected chi connectivity index (χ2v) is 8.25. The van der Waals surface area contributed by atoms with Gasteiger partial charge in [-0.2, -0.15) is 0 Å². The number of nitrogens with one attached hydrogen (secondary N) is 2. The molecule has 25 heavy (non-hydrogen) atoms. The number of hydrogen-bond donors (Lipinski definition) is 3. The average molecular weight is 387 g/mol. The van der Waals surface area contributed by atoms with E-state index < -0.39 is 6.10 Å². The third-order valence-corrected chi connectivity index (χ3v) is 5.98. The molecule has 3 heterocycles. The van der Waals surface area contributed by atoms with Gasteiger partial charge in [0.15, 0.2) is 5.96 Å². The van der Waals surface area contributed by atoms with Crippen LogP contribution in [-0.4, -0.2) is 67.4 Å². The fraction of sp³-hybridized carbons (Fsp3) is 0.706. The van der Waals surface area contributed by atoms with Crippen molar-refractivity contribution in [1.82, 2.24) is 15.5 Å². The summed E-state index contributed by atoms with van der Waals surface area (Å²) in [5, 5.41) is 16.8. The fourth-order valence-corrected chi connectivity index (χ4v) is 4.37. The standard InChI is InChI=1S/C17H27ClN4O2S/c1-2-19-17(21-9-14(23)15-5-6-16(18)25-15)20-8-13-10-22-7-3-4-12(22)11-24-13/h5-6,12-14,23H,2-4,7-11H2,1H3,(H2,19,20,21). The lowest BCUT2D eigenvalue weighted by Crippen LogP contribution is -2.51. The van der Waals surface area contributed by atoms with Crippen LogP contribution in [0, 0.1) is 0 Å². The van der Waals surface area contributed by atoms with Crippen molar-refractivity contribution in [3.8, 4) is 0 Å². The molecule has 140 valence electrons. The van der Waals surface area contributed by atoms with Crippen LogP contribution in [-0.2, 0) is 4.74 Å². The molecule has 0 spiro atoms. The van der Waals surface area contributed by atoms with Gasteiger partial charge in [-0.1, -0.05) is 11.6 Å². The topological polar surface area (TPSA) is 69.1 Å². The van der Waals surface area contributed by atoms with Crippen LogP contribution in [0.3, 0.4) is 0 Å². The molecule has 0 aromatic carbocycles. The Labute approximate surface area is 158 Å². The number of aliphatic imine (C=N–C) groups is 1.